The van der Waals surface area contributed by atoms with Gasteiger partial charge in [0.25, 0.3) is 0 Å². The minimum Gasteiger partial charge on any atom is -0.416 e. The summed E-state index contributed by atoms with van der Waals surface area (Å²) < 4.78 is 14.1. The van der Waals surface area contributed by atoms with Crippen LogP contribution in [0.3, 0.4) is 0 Å². The van der Waals surface area contributed by atoms with E-state index in [9.17, 15) is 5.26 Å². The number of aromatic nitrogens is 4. The summed E-state index contributed by atoms with van der Waals surface area (Å²) in [5.41, 5.74) is 5.05. The molecule has 224 valence electrons. The van der Waals surface area contributed by atoms with E-state index in [2.05, 4.69) is 80.4 Å². The number of nitrogens with zero attached hydrogens (tertiary/aromatic N) is 6. The number of hydrogen-bond acceptors (Lipinski definition) is 9. The van der Waals surface area contributed by atoms with Crippen LogP contribution in [0.15, 0.2) is 30.5 Å². The Morgan fingerprint density at radius 3 is 2.67 bits per heavy atom. The summed E-state index contributed by atoms with van der Waals surface area (Å²) in [7, 11) is -1.94. The zero-order valence-corrected chi connectivity index (χ0v) is 27.0. The van der Waals surface area contributed by atoms with Gasteiger partial charge in [-0.25, -0.2) is 9.97 Å². The second-order valence-corrected chi connectivity index (χ2v) is 18.1. The highest BCUT2D eigenvalue weighted by molar-refractivity contribution is 6.74. The molecular formula is C31H44N8O2Si. The van der Waals surface area contributed by atoms with Crippen LogP contribution in [0.25, 0.3) is 11.3 Å². The highest BCUT2D eigenvalue weighted by Gasteiger charge is 2.42. The lowest BCUT2D eigenvalue weighted by molar-refractivity contribution is 0.0359. The zero-order valence-electron chi connectivity index (χ0n) is 26.0. The second-order valence-electron chi connectivity index (χ2n) is 13.3. The van der Waals surface area contributed by atoms with Crippen molar-refractivity contribution in [1.29, 1.82) is 5.26 Å². The molecule has 10 nitrogen and oxygen atoms in total. The van der Waals surface area contributed by atoms with Crippen molar-refractivity contribution in [3.8, 4) is 17.3 Å². The Hall–Kier alpha value is -3.30. The van der Waals surface area contributed by atoms with E-state index in [0.29, 0.717) is 23.9 Å². The van der Waals surface area contributed by atoms with Crippen LogP contribution in [0.1, 0.15) is 44.5 Å². The van der Waals surface area contributed by atoms with Crippen molar-refractivity contribution in [2.75, 3.05) is 56.6 Å². The van der Waals surface area contributed by atoms with Gasteiger partial charge in [0, 0.05) is 61.7 Å². The smallest absolute Gasteiger partial charge is 0.228 e. The molecule has 2 N–H and O–H groups in total. The minimum absolute atomic E-state index is 0.124. The minimum atomic E-state index is -1.94. The fourth-order valence-corrected chi connectivity index (χ4v) is 6.27. The molecule has 3 aromatic rings. The number of ether oxygens (including phenoxy) is 1. The lowest BCUT2D eigenvalue weighted by Gasteiger charge is -2.39. The van der Waals surface area contributed by atoms with E-state index in [1.54, 1.807) is 6.20 Å². The number of morpholine rings is 1. The molecule has 0 spiro atoms. The summed E-state index contributed by atoms with van der Waals surface area (Å²) in [5, 5.41) is 21.7. The quantitative estimate of drug-likeness (QED) is 0.322. The molecule has 42 heavy (non-hydrogen) atoms. The van der Waals surface area contributed by atoms with E-state index < -0.39 is 8.32 Å². The fraction of sp³-hybridized carbons (Fsp3) is 0.548. The van der Waals surface area contributed by atoms with E-state index in [1.807, 2.05) is 22.9 Å². The summed E-state index contributed by atoms with van der Waals surface area (Å²) in [5.74, 6) is 1.17. The predicted octanol–water partition coefficient (Wildman–Crippen LogP) is 5.30. The molecule has 0 saturated carbocycles. The number of anilines is 3. The predicted molar refractivity (Wildman–Crippen MR) is 169 cm³/mol. The summed E-state index contributed by atoms with van der Waals surface area (Å²) >= 11 is 0. The van der Waals surface area contributed by atoms with E-state index in [4.69, 9.17) is 19.2 Å². The summed E-state index contributed by atoms with van der Waals surface area (Å²) in [4.78, 5) is 11.7. The maximum absolute atomic E-state index is 10.0. The molecule has 11 heteroatoms. The Morgan fingerprint density at radius 1 is 1.19 bits per heavy atom. The number of aryl methyl sites for hydroxylation is 1. The van der Waals surface area contributed by atoms with E-state index in [0.717, 1.165) is 74.1 Å². The molecule has 1 aromatic carbocycles. The molecule has 4 heterocycles. The Balaban J connectivity index is 1.35. The number of nitrogens with one attached hydrogen (secondary N) is 2. The van der Waals surface area contributed by atoms with Crippen LogP contribution in [0, 0.1) is 18.3 Å². The molecule has 0 bridgehead atoms. The van der Waals surface area contributed by atoms with Gasteiger partial charge < -0.3 is 19.8 Å². The summed E-state index contributed by atoms with van der Waals surface area (Å²) in [6, 6.07) is 10.3. The van der Waals surface area contributed by atoms with Gasteiger partial charge in [0.2, 0.25) is 5.95 Å². The zero-order chi connectivity index (χ0) is 30.1. The first-order valence-corrected chi connectivity index (χ1v) is 17.7. The molecule has 0 amide bonds. The second kappa shape index (κ2) is 11.8. The molecule has 1 fully saturated rings. The van der Waals surface area contributed by atoms with Crippen LogP contribution >= 0.6 is 0 Å². The van der Waals surface area contributed by atoms with Crippen molar-refractivity contribution in [1.82, 2.24) is 24.6 Å². The summed E-state index contributed by atoms with van der Waals surface area (Å²) in [6.07, 6.45) is 1.74. The van der Waals surface area contributed by atoms with E-state index >= 15 is 0 Å². The number of nitriles is 1. The maximum Gasteiger partial charge on any atom is 0.228 e. The van der Waals surface area contributed by atoms with Gasteiger partial charge in [0.1, 0.15) is 6.07 Å². The van der Waals surface area contributed by atoms with Crippen LogP contribution in [-0.2, 0) is 21.1 Å². The van der Waals surface area contributed by atoms with Crippen molar-refractivity contribution >= 4 is 25.8 Å². The highest BCUT2D eigenvalue weighted by atomic mass is 28.4. The van der Waals surface area contributed by atoms with Crippen LogP contribution in [-0.4, -0.2) is 79.0 Å². The molecule has 2 aliphatic heterocycles. The van der Waals surface area contributed by atoms with Crippen molar-refractivity contribution in [2.24, 2.45) is 0 Å². The third-order valence-corrected chi connectivity index (χ3v) is 13.5. The molecule has 0 radical (unpaired) electrons. The number of rotatable bonds is 9. The average molecular weight is 589 g/mol. The van der Waals surface area contributed by atoms with E-state index in [1.165, 1.54) is 0 Å². The van der Waals surface area contributed by atoms with Crippen LogP contribution in [0.5, 0.6) is 0 Å². The SMILES string of the molecule is Cc1cc(Nc2nccc(-c3cc(C#N)c4c(c3)[C@@](C)(CO[Si](C)(C)C(C)(C)C)CN4)n2)nn1CCN1CCOCC1. The monoisotopic (exact) mass is 588 g/mol. The van der Waals surface area contributed by atoms with Gasteiger partial charge in [-0.1, -0.05) is 27.7 Å². The Kier molecular flexibility index (Phi) is 8.45. The molecule has 1 atom stereocenters. The number of hydrogen-bond donors (Lipinski definition) is 2. The van der Waals surface area contributed by atoms with Gasteiger partial charge in [-0.15, -0.1) is 0 Å². The van der Waals surface area contributed by atoms with Crippen molar-refractivity contribution in [3.63, 3.8) is 0 Å². The topological polar surface area (TPSA) is 113 Å². The lowest BCUT2D eigenvalue weighted by atomic mass is 9.83. The third-order valence-electron chi connectivity index (χ3n) is 9.03. The average Bonchev–Trinajstić information content (AvgIpc) is 3.49. The number of fused-ring (bicyclic) bond motifs is 1. The first kappa shape index (κ1) is 30.2. The Bertz CT molecular complexity index is 1470. The van der Waals surface area contributed by atoms with Gasteiger partial charge in [-0.05, 0) is 48.8 Å². The lowest BCUT2D eigenvalue weighted by Crippen LogP contribution is -2.45. The van der Waals surface area contributed by atoms with Crippen molar-refractivity contribution < 1.29 is 9.16 Å². The standard InChI is InChI=1S/C31H44N8O2Si/c1-22-16-27(37-39(22)11-10-38-12-14-40-15-13-38)36-29-33-9-8-26(35-29)23-17-24(19-32)28-25(18-23)31(5,20-34-28)21-41-42(6,7)30(2,3)4/h8-9,16-18,34H,10-15,20-21H2,1-7H3,(H,33,35,36,37)/t31-/m1/s1. The first-order valence-electron chi connectivity index (χ1n) is 14.8. The largest absolute Gasteiger partial charge is 0.416 e. The van der Waals surface area contributed by atoms with Gasteiger partial charge in [-0.3, -0.25) is 9.58 Å². The molecule has 2 aromatic heterocycles. The normalized spacial score (nSPS) is 19.3. The third kappa shape index (κ3) is 6.37. The molecular weight excluding hydrogens is 544 g/mol. The van der Waals surface area contributed by atoms with Crippen LogP contribution in [0.4, 0.5) is 17.5 Å². The molecule has 5 rings (SSSR count). The van der Waals surface area contributed by atoms with E-state index in [-0.39, 0.29) is 10.5 Å². The first-order chi connectivity index (χ1) is 19.9. The van der Waals surface area contributed by atoms with Crippen molar-refractivity contribution in [3.05, 3.63) is 47.3 Å². The molecule has 1 saturated heterocycles. The van der Waals surface area contributed by atoms with Crippen LogP contribution < -0.4 is 10.6 Å². The van der Waals surface area contributed by atoms with Crippen molar-refractivity contribution in [2.45, 2.75) is 64.7 Å². The summed E-state index contributed by atoms with van der Waals surface area (Å²) in [6.45, 7) is 22.2. The Morgan fingerprint density at radius 2 is 1.95 bits per heavy atom. The van der Waals surface area contributed by atoms with Gasteiger partial charge >= 0.3 is 0 Å². The molecule has 0 aliphatic carbocycles. The highest BCUT2D eigenvalue weighted by Crippen LogP contribution is 2.44. The Labute approximate surface area is 250 Å². The van der Waals surface area contributed by atoms with Gasteiger partial charge in [0.15, 0.2) is 14.1 Å². The number of benzene rings is 1. The fourth-order valence-electron chi connectivity index (χ4n) is 5.16. The maximum atomic E-state index is 10.0. The van der Waals surface area contributed by atoms with Gasteiger partial charge in [-0.2, -0.15) is 10.4 Å². The molecule has 0 unspecified atom stereocenters. The van der Waals surface area contributed by atoms with Gasteiger partial charge in [0.05, 0.1) is 36.7 Å². The van der Waals surface area contributed by atoms with Crippen LogP contribution in [0.2, 0.25) is 18.1 Å². The molecule has 2 aliphatic rings.